The molecule has 1 heterocycles. The van der Waals surface area contributed by atoms with Gasteiger partial charge in [0.15, 0.2) is 5.69 Å². The van der Waals surface area contributed by atoms with Gasteiger partial charge in [0.1, 0.15) is 0 Å². The molecule has 1 unspecified atom stereocenters. The van der Waals surface area contributed by atoms with Gasteiger partial charge in [-0.05, 0) is 26.2 Å². The molecule has 0 spiro atoms. The Kier molecular flexibility index (Phi) is 5.04. The number of nitrogens with one attached hydrogen (secondary N) is 2. The highest BCUT2D eigenvalue weighted by Crippen LogP contribution is 2.42. The Balaban J connectivity index is 1.81. The maximum absolute atomic E-state index is 12.1. The van der Waals surface area contributed by atoms with E-state index < -0.39 is 0 Å². The molecule has 0 radical (unpaired) electrons. The van der Waals surface area contributed by atoms with Crippen molar-refractivity contribution in [1.29, 1.82) is 0 Å². The highest BCUT2D eigenvalue weighted by atomic mass is 16.2. The van der Waals surface area contributed by atoms with Crippen molar-refractivity contribution in [1.82, 2.24) is 15.5 Å². The first-order chi connectivity index (χ1) is 9.63. The minimum Gasteiger partial charge on any atom is -0.395 e. The molecule has 0 bridgehead atoms. The molecule has 5 nitrogen and oxygen atoms in total. The van der Waals surface area contributed by atoms with E-state index in [1.807, 2.05) is 6.92 Å². The lowest BCUT2D eigenvalue weighted by Crippen LogP contribution is -2.33. The van der Waals surface area contributed by atoms with Crippen LogP contribution in [0.25, 0.3) is 0 Å². The van der Waals surface area contributed by atoms with E-state index in [0.717, 1.165) is 31.4 Å². The van der Waals surface area contributed by atoms with Crippen LogP contribution in [0.4, 0.5) is 5.69 Å². The third-order valence-electron chi connectivity index (χ3n) is 3.90. The highest BCUT2D eigenvalue weighted by molar-refractivity contribution is 5.97. The number of rotatable bonds is 8. The van der Waals surface area contributed by atoms with E-state index in [0.29, 0.717) is 17.3 Å². The zero-order chi connectivity index (χ0) is 14.5. The van der Waals surface area contributed by atoms with E-state index in [1.165, 1.54) is 19.3 Å². The number of aromatic nitrogens is 2. The number of hydrogen-bond donors (Lipinski definition) is 3. The number of nitrogens with zero attached hydrogens (tertiary/aromatic N) is 1. The fraction of sp³-hybridized carbons (Fsp3) is 0.733. The summed E-state index contributed by atoms with van der Waals surface area (Å²) in [6.45, 7) is 4.23. The molecule has 2 rings (SSSR count). The van der Waals surface area contributed by atoms with Crippen molar-refractivity contribution >= 4 is 11.6 Å². The quantitative estimate of drug-likeness (QED) is 0.639. The van der Waals surface area contributed by atoms with Gasteiger partial charge in [-0.3, -0.25) is 9.89 Å². The van der Waals surface area contributed by atoms with Gasteiger partial charge in [-0.15, -0.1) is 0 Å². The Morgan fingerprint density at radius 1 is 1.45 bits per heavy atom. The Morgan fingerprint density at radius 2 is 2.20 bits per heavy atom. The molecule has 1 aliphatic rings. The van der Waals surface area contributed by atoms with E-state index in [4.69, 9.17) is 5.73 Å². The van der Waals surface area contributed by atoms with Gasteiger partial charge in [-0.2, -0.15) is 5.10 Å². The first-order valence-electron chi connectivity index (χ1n) is 7.78. The summed E-state index contributed by atoms with van der Waals surface area (Å²) in [6, 6.07) is 0.167. The minimum absolute atomic E-state index is 0.159. The Hall–Kier alpha value is -1.52. The number of nitrogens with two attached hydrogens (primary N) is 1. The standard InChI is InChI=1S/C15H26N4O/c1-3-4-5-6-7-10(2)17-15(20)14-12(16)13(18-19-14)11-8-9-11/h10-11H,3-9,16H2,1-2H3,(H,17,20)(H,18,19). The summed E-state index contributed by atoms with van der Waals surface area (Å²) in [5.74, 6) is 0.323. The van der Waals surface area contributed by atoms with Crippen molar-refractivity contribution in [2.24, 2.45) is 0 Å². The Bertz CT molecular complexity index is 451. The molecule has 20 heavy (non-hydrogen) atoms. The van der Waals surface area contributed by atoms with Crippen LogP contribution >= 0.6 is 0 Å². The van der Waals surface area contributed by atoms with Crippen LogP contribution in [0.3, 0.4) is 0 Å². The van der Waals surface area contributed by atoms with Gasteiger partial charge in [0.2, 0.25) is 0 Å². The van der Waals surface area contributed by atoms with Crippen LogP contribution in [0.2, 0.25) is 0 Å². The van der Waals surface area contributed by atoms with Crippen molar-refractivity contribution in [3.63, 3.8) is 0 Å². The fourth-order valence-electron chi connectivity index (χ4n) is 2.46. The zero-order valence-electron chi connectivity index (χ0n) is 12.5. The Morgan fingerprint density at radius 3 is 2.85 bits per heavy atom. The topological polar surface area (TPSA) is 83.8 Å². The van der Waals surface area contributed by atoms with E-state index in [-0.39, 0.29) is 11.9 Å². The number of H-pyrrole nitrogens is 1. The molecule has 0 saturated heterocycles. The predicted molar refractivity (Wildman–Crippen MR) is 80.7 cm³/mol. The molecule has 1 aromatic heterocycles. The molecule has 0 aromatic carbocycles. The van der Waals surface area contributed by atoms with Gasteiger partial charge in [0.05, 0.1) is 11.4 Å². The molecule has 4 N–H and O–H groups in total. The summed E-state index contributed by atoms with van der Waals surface area (Å²) in [4.78, 5) is 12.1. The van der Waals surface area contributed by atoms with Gasteiger partial charge in [0, 0.05) is 12.0 Å². The first kappa shape index (κ1) is 14.9. The van der Waals surface area contributed by atoms with Gasteiger partial charge in [0.25, 0.3) is 5.91 Å². The largest absolute Gasteiger partial charge is 0.395 e. The summed E-state index contributed by atoms with van der Waals surface area (Å²) in [7, 11) is 0. The SMILES string of the molecule is CCCCCCC(C)NC(=O)c1n[nH]c(C2CC2)c1N. The van der Waals surface area contributed by atoms with Crippen molar-refractivity contribution < 1.29 is 4.79 Å². The monoisotopic (exact) mass is 278 g/mol. The molecule has 1 atom stereocenters. The number of nitrogen functional groups attached to an aromatic ring is 1. The molecule has 1 fully saturated rings. The predicted octanol–water partition coefficient (Wildman–Crippen LogP) is 2.96. The van der Waals surface area contributed by atoms with E-state index >= 15 is 0 Å². The van der Waals surface area contributed by atoms with E-state index in [2.05, 4.69) is 22.4 Å². The molecule has 1 aromatic rings. The maximum atomic E-state index is 12.1. The van der Waals surface area contributed by atoms with Gasteiger partial charge in [-0.1, -0.05) is 32.6 Å². The normalized spacial score (nSPS) is 16.1. The summed E-state index contributed by atoms with van der Waals surface area (Å²) >= 11 is 0. The number of aromatic amines is 1. The molecule has 1 amide bonds. The second-order valence-corrected chi connectivity index (χ2v) is 5.90. The van der Waals surface area contributed by atoms with Crippen LogP contribution in [-0.2, 0) is 0 Å². The van der Waals surface area contributed by atoms with Crippen LogP contribution in [0.1, 0.15) is 80.9 Å². The molecule has 112 valence electrons. The second-order valence-electron chi connectivity index (χ2n) is 5.90. The minimum atomic E-state index is -0.159. The number of anilines is 1. The average Bonchev–Trinajstić information content (AvgIpc) is 3.18. The summed E-state index contributed by atoms with van der Waals surface area (Å²) in [6.07, 6.45) is 8.16. The third kappa shape index (κ3) is 3.74. The van der Waals surface area contributed by atoms with Crippen LogP contribution in [-0.4, -0.2) is 22.1 Å². The van der Waals surface area contributed by atoms with Crippen LogP contribution in [0.15, 0.2) is 0 Å². The van der Waals surface area contributed by atoms with Gasteiger partial charge < -0.3 is 11.1 Å². The number of amides is 1. The number of carbonyl (C=O) groups excluding carboxylic acids is 1. The third-order valence-corrected chi connectivity index (χ3v) is 3.90. The first-order valence-corrected chi connectivity index (χ1v) is 7.78. The molecule has 0 aliphatic heterocycles. The summed E-state index contributed by atoms with van der Waals surface area (Å²) < 4.78 is 0. The number of carbonyl (C=O) groups is 1. The van der Waals surface area contributed by atoms with Crippen molar-refractivity contribution in [3.05, 3.63) is 11.4 Å². The fourth-order valence-corrected chi connectivity index (χ4v) is 2.46. The maximum Gasteiger partial charge on any atom is 0.274 e. The lowest BCUT2D eigenvalue weighted by molar-refractivity contribution is 0.0933. The molecule has 5 heteroatoms. The average molecular weight is 278 g/mol. The summed E-state index contributed by atoms with van der Waals surface area (Å²) in [5.41, 5.74) is 7.83. The summed E-state index contributed by atoms with van der Waals surface area (Å²) in [5, 5.41) is 9.98. The van der Waals surface area contributed by atoms with Crippen molar-refractivity contribution in [2.45, 2.75) is 70.8 Å². The van der Waals surface area contributed by atoms with Crippen LogP contribution in [0.5, 0.6) is 0 Å². The molecule has 1 aliphatic carbocycles. The molecular weight excluding hydrogens is 252 g/mol. The molecular formula is C15H26N4O. The lowest BCUT2D eigenvalue weighted by atomic mass is 10.1. The molecule has 1 saturated carbocycles. The lowest BCUT2D eigenvalue weighted by Gasteiger charge is -2.13. The highest BCUT2D eigenvalue weighted by Gasteiger charge is 2.30. The zero-order valence-corrected chi connectivity index (χ0v) is 12.5. The van der Waals surface area contributed by atoms with E-state index in [9.17, 15) is 4.79 Å². The van der Waals surface area contributed by atoms with Gasteiger partial charge >= 0.3 is 0 Å². The van der Waals surface area contributed by atoms with Gasteiger partial charge in [-0.25, -0.2) is 0 Å². The second kappa shape index (κ2) is 6.77. The van der Waals surface area contributed by atoms with E-state index in [1.54, 1.807) is 0 Å². The number of hydrogen-bond acceptors (Lipinski definition) is 3. The van der Waals surface area contributed by atoms with Crippen LogP contribution < -0.4 is 11.1 Å². The Labute approximate surface area is 120 Å². The smallest absolute Gasteiger partial charge is 0.274 e. The van der Waals surface area contributed by atoms with Crippen molar-refractivity contribution in [2.75, 3.05) is 5.73 Å². The van der Waals surface area contributed by atoms with Crippen molar-refractivity contribution in [3.8, 4) is 0 Å². The number of unbranched alkanes of at least 4 members (excludes halogenated alkanes) is 3. The van der Waals surface area contributed by atoms with Crippen LogP contribution in [0, 0.1) is 0 Å².